The smallest absolute Gasteiger partial charge is 0.257 e. The van der Waals surface area contributed by atoms with E-state index in [2.05, 4.69) is 15.3 Å². The zero-order chi connectivity index (χ0) is 15.1. The standard InChI is InChI=1S/C14H24F2N4O.2ClH/c1-12-13(10-18-20(12)11-14(15)16)9-17-3-2-4-19-5-7-21-8-6-19;;/h10,14,17H,2-9,11H2,1H3;2*1H. The van der Waals surface area contributed by atoms with Crippen LogP contribution < -0.4 is 5.32 Å². The lowest BCUT2D eigenvalue weighted by molar-refractivity contribution is 0.0374. The molecule has 1 aromatic rings. The lowest BCUT2D eigenvalue weighted by Gasteiger charge is -2.26. The molecule has 0 saturated carbocycles. The molecule has 0 radical (unpaired) electrons. The van der Waals surface area contributed by atoms with E-state index in [1.807, 2.05) is 6.92 Å². The normalized spacial score (nSPS) is 15.3. The Morgan fingerprint density at radius 3 is 2.65 bits per heavy atom. The number of hydrogen-bond donors (Lipinski definition) is 1. The van der Waals surface area contributed by atoms with Gasteiger partial charge in [0.05, 0.1) is 19.4 Å². The zero-order valence-electron chi connectivity index (χ0n) is 13.3. The van der Waals surface area contributed by atoms with Crippen molar-refractivity contribution in [2.24, 2.45) is 0 Å². The van der Waals surface area contributed by atoms with E-state index in [4.69, 9.17) is 4.74 Å². The van der Waals surface area contributed by atoms with E-state index in [-0.39, 0.29) is 31.4 Å². The minimum Gasteiger partial charge on any atom is -0.379 e. The molecule has 2 heterocycles. The Bertz CT molecular complexity index is 429. The van der Waals surface area contributed by atoms with E-state index in [0.29, 0.717) is 6.54 Å². The molecule has 0 unspecified atom stereocenters. The van der Waals surface area contributed by atoms with Crippen molar-refractivity contribution in [2.75, 3.05) is 39.4 Å². The Labute approximate surface area is 148 Å². The predicted molar refractivity (Wildman–Crippen MR) is 91.0 cm³/mol. The van der Waals surface area contributed by atoms with Crippen molar-refractivity contribution >= 4 is 24.8 Å². The summed E-state index contributed by atoms with van der Waals surface area (Å²) in [6.45, 7) is 7.85. The second-order valence-electron chi connectivity index (χ2n) is 5.31. The molecule has 1 aliphatic heterocycles. The lowest BCUT2D eigenvalue weighted by Crippen LogP contribution is -2.37. The molecule has 5 nitrogen and oxygen atoms in total. The number of morpholine rings is 1. The van der Waals surface area contributed by atoms with Crippen LogP contribution in [0.5, 0.6) is 0 Å². The van der Waals surface area contributed by atoms with Crippen molar-refractivity contribution < 1.29 is 13.5 Å². The number of nitrogens with zero attached hydrogens (tertiary/aromatic N) is 3. The molecule has 0 aliphatic carbocycles. The molecule has 0 aromatic carbocycles. The van der Waals surface area contributed by atoms with Gasteiger partial charge in [0.1, 0.15) is 6.54 Å². The van der Waals surface area contributed by atoms with Crippen molar-refractivity contribution in [2.45, 2.75) is 32.9 Å². The lowest BCUT2D eigenvalue weighted by atomic mass is 10.2. The van der Waals surface area contributed by atoms with Crippen LogP contribution in [0.15, 0.2) is 6.20 Å². The zero-order valence-corrected chi connectivity index (χ0v) is 15.0. The maximum Gasteiger partial charge on any atom is 0.257 e. The Morgan fingerprint density at radius 1 is 1.30 bits per heavy atom. The summed E-state index contributed by atoms with van der Waals surface area (Å²) in [5, 5.41) is 7.35. The molecule has 136 valence electrons. The molecule has 0 atom stereocenters. The van der Waals surface area contributed by atoms with E-state index in [9.17, 15) is 8.78 Å². The fourth-order valence-electron chi connectivity index (χ4n) is 2.45. The number of hydrogen-bond acceptors (Lipinski definition) is 4. The first-order chi connectivity index (χ1) is 10.2. The van der Waals surface area contributed by atoms with Gasteiger partial charge in [-0.25, -0.2) is 8.78 Å². The van der Waals surface area contributed by atoms with Crippen LogP contribution in [0, 0.1) is 6.92 Å². The number of ether oxygens (including phenoxy) is 1. The van der Waals surface area contributed by atoms with E-state index in [1.54, 1.807) is 6.20 Å². The van der Waals surface area contributed by atoms with Crippen LogP contribution in [0.2, 0.25) is 0 Å². The summed E-state index contributed by atoms with van der Waals surface area (Å²) in [4.78, 5) is 2.40. The summed E-state index contributed by atoms with van der Waals surface area (Å²) < 4.78 is 31.4. The first-order valence-corrected chi connectivity index (χ1v) is 7.47. The van der Waals surface area contributed by atoms with Crippen molar-refractivity contribution in [1.29, 1.82) is 0 Å². The fraction of sp³-hybridized carbons (Fsp3) is 0.786. The summed E-state index contributed by atoms with van der Waals surface area (Å²) >= 11 is 0. The van der Waals surface area contributed by atoms with Crippen LogP contribution in [0.25, 0.3) is 0 Å². The Hall–Kier alpha value is -0.470. The maximum absolute atomic E-state index is 12.3. The summed E-state index contributed by atoms with van der Waals surface area (Å²) in [6, 6.07) is 0. The average molecular weight is 375 g/mol. The minimum absolute atomic E-state index is 0. The van der Waals surface area contributed by atoms with Crippen LogP contribution in [0.3, 0.4) is 0 Å². The fourth-order valence-corrected chi connectivity index (χ4v) is 2.45. The summed E-state index contributed by atoms with van der Waals surface area (Å²) in [5.74, 6) is 0. The van der Waals surface area contributed by atoms with Gasteiger partial charge >= 0.3 is 0 Å². The van der Waals surface area contributed by atoms with Crippen LogP contribution >= 0.6 is 24.8 Å². The third-order valence-electron chi connectivity index (χ3n) is 3.76. The summed E-state index contributed by atoms with van der Waals surface area (Å²) in [7, 11) is 0. The average Bonchev–Trinajstić information content (AvgIpc) is 2.80. The van der Waals surface area contributed by atoms with Crippen molar-refractivity contribution in [1.82, 2.24) is 20.0 Å². The number of halogens is 4. The van der Waals surface area contributed by atoms with Crippen LogP contribution in [0.4, 0.5) is 8.78 Å². The van der Waals surface area contributed by atoms with E-state index in [1.165, 1.54) is 4.68 Å². The maximum atomic E-state index is 12.3. The van der Waals surface area contributed by atoms with Crippen LogP contribution in [-0.4, -0.2) is 60.5 Å². The summed E-state index contributed by atoms with van der Waals surface area (Å²) in [5.41, 5.74) is 1.80. The molecule has 1 fully saturated rings. The third-order valence-corrected chi connectivity index (χ3v) is 3.76. The van der Waals surface area contributed by atoms with Crippen LogP contribution in [0.1, 0.15) is 17.7 Å². The molecule has 1 saturated heterocycles. The predicted octanol–water partition coefficient (Wildman–Crippen LogP) is 2.11. The molecule has 9 heteroatoms. The SMILES string of the molecule is Cc1c(CNCCCN2CCOCC2)cnn1CC(F)F.Cl.Cl. The van der Waals surface area contributed by atoms with E-state index >= 15 is 0 Å². The van der Waals surface area contributed by atoms with Gasteiger partial charge in [0.2, 0.25) is 0 Å². The highest BCUT2D eigenvalue weighted by molar-refractivity contribution is 5.85. The Balaban J connectivity index is 0.00000242. The molecule has 1 aromatic heterocycles. The van der Waals surface area contributed by atoms with Crippen molar-refractivity contribution in [3.63, 3.8) is 0 Å². The van der Waals surface area contributed by atoms with Gasteiger partial charge in [0.15, 0.2) is 0 Å². The van der Waals surface area contributed by atoms with Crippen molar-refractivity contribution in [3.8, 4) is 0 Å². The molecule has 23 heavy (non-hydrogen) atoms. The molecule has 1 N–H and O–H groups in total. The molecule has 0 amide bonds. The molecule has 2 rings (SSSR count). The second-order valence-corrected chi connectivity index (χ2v) is 5.31. The molecule has 0 bridgehead atoms. The summed E-state index contributed by atoms with van der Waals surface area (Å²) in [6.07, 6.45) is 0.384. The van der Waals surface area contributed by atoms with Gasteiger partial charge in [-0.15, -0.1) is 24.8 Å². The van der Waals surface area contributed by atoms with Crippen LogP contribution in [-0.2, 0) is 17.8 Å². The first-order valence-electron chi connectivity index (χ1n) is 7.47. The molecular weight excluding hydrogens is 349 g/mol. The molecule has 1 aliphatic rings. The number of nitrogens with one attached hydrogen (secondary N) is 1. The van der Waals surface area contributed by atoms with Gasteiger partial charge in [-0.1, -0.05) is 0 Å². The topological polar surface area (TPSA) is 42.3 Å². The van der Waals surface area contributed by atoms with Gasteiger partial charge in [0, 0.05) is 30.9 Å². The molecular formula is C14H26Cl2F2N4O. The van der Waals surface area contributed by atoms with Gasteiger partial charge in [-0.05, 0) is 26.4 Å². The van der Waals surface area contributed by atoms with Gasteiger partial charge in [0.25, 0.3) is 6.43 Å². The van der Waals surface area contributed by atoms with Gasteiger partial charge in [-0.3, -0.25) is 9.58 Å². The largest absolute Gasteiger partial charge is 0.379 e. The van der Waals surface area contributed by atoms with Crippen molar-refractivity contribution in [3.05, 3.63) is 17.5 Å². The Morgan fingerprint density at radius 2 is 2.00 bits per heavy atom. The number of aromatic nitrogens is 2. The van der Waals surface area contributed by atoms with Gasteiger partial charge in [-0.2, -0.15) is 5.10 Å². The highest BCUT2D eigenvalue weighted by Crippen LogP contribution is 2.09. The number of rotatable bonds is 8. The highest BCUT2D eigenvalue weighted by atomic mass is 35.5. The second kappa shape index (κ2) is 12.0. The van der Waals surface area contributed by atoms with E-state index in [0.717, 1.165) is 57.1 Å². The first kappa shape index (κ1) is 22.5. The third kappa shape index (κ3) is 7.76. The van der Waals surface area contributed by atoms with E-state index < -0.39 is 6.43 Å². The quantitative estimate of drug-likeness (QED) is 0.707. The number of alkyl halides is 2. The Kier molecular flexibility index (Phi) is 11.7. The van der Waals surface area contributed by atoms with Gasteiger partial charge < -0.3 is 10.1 Å². The minimum atomic E-state index is -2.36. The monoisotopic (exact) mass is 374 g/mol. The molecule has 0 spiro atoms. The highest BCUT2D eigenvalue weighted by Gasteiger charge is 2.11.